The van der Waals surface area contributed by atoms with E-state index in [1.165, 1.54) is 29.2 Å². The van der Waals surface area contributed by atoms with Crippen LogP contribution in [-0.2, 0) is 14.8 Å². The number of anilines is 1. The van der Waals surface area contributed by atoms with Gasteiger partial charge in [-0.15, -0.1) is 0 Å². The van der Waals surface area contributed by atoms with Crippen LogP contribution in [0.5, 0.6) is 0 Å². The molecule has 0 radical (unpaired) electrons. The van der Waals surface area contributed by atoms with E-state index in [0.29, 0.717) is 25.2 Å². The van der Waals surface area contributed by atoms with E-state index in [0.717, 1.165) is 0 Å². The van der Waals surface area contributed by atoms with Gasteiger partial charge >= 0.3 is 6.09 Å². The zero-order valence-electron chi connectivity index (χ0n) is 13.6. The molecule has 0 aromatic heterocycles. The summed E-state index contributed by atoms with van der Waals surface area (Å²) in [7, 11) is -3.63. The van der Waals surface area contributed by atoms with Gasteiger partial charge in [0.05, 0.1) is 4.90 Å². The van der Waals surface area contributed by atoms with Gasteiger partial charge in [-0.2, -0.15) is 0 Å². The number of carbonyl (C=O) groups excluding carboxylic acids is 1. The zero-order chi connectivity index (χ0) is 17.3. The first kappa shape index (κ1) is 17.6. The fourth-order valence-corrected chi connectivity index (χ4v) is 3.54. The number of carbonyl (C=O) groups is 1. The molecule has 0 spiro atoms. The van der Waals surface area contributed by atoms with E-state index in [4.69, 9.17) is 10.5 Å². The minimum atomic E-state index is -3.63. The largest absolute Gasteiger partial charge is 0.444 e. The Kier molecular flexibility index (Phi) is 4.86. The predicted octanol–water partition coefficient (Wildman–Crippen LogP) is 1.56. The van der Waals surface area contributed by atoms with Crippen LogP contribution in [0, 0.1) is 0 Å². The molecule has 0 aliphatic carbocycles. The Bertz CT molecular complexity index is 665. The van der Waals surface area contributed by atoms with Gasteiger partial charge in [0.15, 0.2) is 0 Å². The number of nitrogens with zero attached hydrogens (tertiary/aromatic N) is 1. The van der Waals surface area contributed by atoms with Crippen molar-refractivity contribution in [3.8, 4) is 0 Å². The molecule has 1 aliphatic rings. The van der Waals surface area contributed by atoms with E-state index in [2.05, 4.69) is 4.72 Å². The summed E-state index contributed by atoms with van der Waals surface area (Å²) in [6, 6.07) is 5.66. The Balaban J connectivity index is 1.97. The molecule has 1 aliphatic heterocycles. The molecule has 7 nitrogen and oxygen atoms in total. The highest BCUT2D eigenvalue weighted by molar-refractivity contribution is 7.89. The fraction of sp³-hybridized carbons (Fsp3) is 0.533. The number of amides is 1. The lowest BCUT2D eigenvalue weighted by Crippen LogP contribution is -2.40. The molecular weight excluding hydrogens is 318 g/mol. The quantitative estimate of drug-likeness (QED) is 0.812. The van der Waals surface area contributed by atoms with Crippen LogP contribution >= 0.6 is 0 Å². The number of rotatable bonds is 3. The molecular formula is C15H23N3O4S. The molecule has 1 aromatic carbocycles. The third kappa shape index (κ3) is 4.84. The van der Waals surface area contributed by atoms with Gasteiger partial charge in [-0.25, -0.2) is 17.9 Å². The Morgan fingerprint density at radius 1 is 1.30 bits per heavy atom. The number of benzene rings is 1. The molecule has 0 saturated carbocycles. The van der Waals surface area contributed by atoms with Gasteiger partial charge in [-0.05, 0) is 51.5 Å². The minimum absolute atomic E-state index is 0.155. The lowest BCUT2D eigenvalue weighted by Gasteiger charge is -2.24. The summed E-state index contributed by atoms with van der Waals surface area (Å²) < 4.78 is 32.6. The Labute approximate surface area is 136 Å². The molecule has 1 amide bonds. The third-order valence-corrected chi connectivity index (χ3v) is 4.89. The van der Waals surface area contributed by atoms with Crippen molar-refractivity contribution in [3.05, 3.63) is 24.3 Å². The SMILES string of the molecule is CC(C)(C)OC(=O)N1CC[C@@H](NS(=O)(=O)c2ccc(N)cc2)C1. The first-order valence-electron chi connectivity index (χ1n) is 7.43. The monoisotopic (exact) mass is 341 g/mol. The maximum Gasteiger partial charge on any atom is 0.410 e. The van der Waals surface area contributed by atoms with Crippen molar-refractivity contribution >= 4 is 21.8 Å². The van der Waals surface area contributed by atoms with Crippen molar-refractivity contribution in [1.29, 1.82) is 0 Å². The van der Waals surface area contributed by atoms with Crippen LogP contribution in [0.3, 0.4) is 0 Å². The van der Waals surface area contributed by atoms with Crippen molar-refractivity contribution in [2.75, 3.05) is 18.8 Å². The highest BCUT2D eigenvalue weighted by atomic mass is 32.2. The van der Waals surface area contributed by atoms with Gasteiger partial charge in [0, 0.05) is 24.8 Å². The molecule has 2 rings (SSSR count). The fourth-order valence-electron chi connectivity index (χ4n) is 2.28. The Hall–Kier alpha value is -1.80. The van der Waals surface area contributed by atoms with Gasteiger partial charge in [-0.3, -0.25) is 0 Å². The van der Waals surface area contributed by atoms with Gasteiger partial charge < -0.3 is 15.4 Å². The number of hydrogen-bond donors (Lipinski definition) is 2. The average Bonchev–Trinajstić information content (AvgIpc) is 2.85. The summed E-state index contributed by atoms with van der Waals surface area (Å²) in [6.45, 7) is 6.14. The van der Waals surface area contributed by atoms with Gasteiger partial charge in [0.2, 0.25) is 10.0 Å². The van der Waals surface area contributed by atoms with Crippen LogP contribution in [0.15, 0.2) is 29.2 Å². The lowest BCUT2D eigenvalue weighted by atomic mass is 10.2. The van der Waals surface area contributed by atoms with Crippen LogP contribution in [0.1, 0.15) is 27.2 Å². The standard InChI is InChI=1S/C15H23N3O4S/c1-15(2,3)22-14(19)18-9-8-12(10-18)17-23(20,21)13-6-4-11(16)5-7-13/h4-7,12,17H,8-10,16H2,1-3H3/t12-/m1/s1. The van der Waals surface area contributed by atoms with E-state index < -0.39 is 21.7 Å². The number of nitrogens with one attached hydrogen (secondary N) is 1. The second-order valence-corrected chi connectivity index (χ2v) is 8.32. The summed E-state index contributed by atoms with van der Waals surface area (Å²) in [5.74, 6) is 0. The van der Waals surface area contributed by atoms with Gasteiger partial charge in [-0.1, -0.05) is 0 Å². The van der Waals surface area contributed by atoms with Crippen molar-refractivity contribution in [1.82, 2.24) is 9.62 Å². The number of nitrogens with two attached hydrogens (primary N) is 1. The highest BCUT2D eigenvalue weighted by Crippen LogP contribution is 2.18. The maximum atomic E-state index is 12.3. The molecule has 1 atom stereocenters. The first-order valence-corrected chi connectivity index (χ1v) is 8.91. The summed E-state index contributed by atoms with van der Waals surface area (Å²) in [5, 5.41) is 0. The van der Waals surface area contributed by atoms with E-state index in [1.54, 1.807) is 20.8 Å². The molecule has 0 unspecified atom stereocenters. The van der Waals surface area contributed by atoms with Gasteiger partial charge in [0.1, 0.15) is 5.60 Å². The normalized spacial score (nSPS) is 18.9. The molecule has 8 heteroatoms. The molecule has 1 saturated heterocycles. The van der Waals surface area contributed by atoms with Crippen LogP contribution in [0.25, 0.3) is 0 Å². The number of nitrogen functional groups attached to an aromatic ring is 1. The average molecular weight is 341 g/mol. The molecule has 1 fully saturated rings. The Morgan fingerprint density at radius 2 is 1.91 bits per heavy atom. The zero-order valence-corrected chi connectivity index (χ0v) is 14.4. The maximum absolute atomic E-state index is 12.3. The van der Waals surface area contributed by atoms with Crippen molar-refractivity contribution < 1.29 is 17.9 Å². The van der Waals surface area contributed by atoms with E-state index in [9.17, 15) is 13.2 Å². The van der Waals surface area contributed by atoms with Crippen molar-refractivity contribution in [3.63, 3.8) is 0 Å². The second-order valence-electron chi connectivity index (χ2n) is 6.60. The van der Waals surface area contributed by atoms with Crippen molar-refractivity contribution in [2.24, 2.45) is 0 Å². The molecule has 128 valence electrons. The van der Waals surface area contributed by atoms with Crippen molar-refractivity contribution in [2.45, 2.75) is 43.7 Å². The Morgan fingerprint density at radius 3 is 2.48 bits per heavy atom. The lowest BCUT2D eigenvalue weighted by molar-refractivity contribution is 0.0292. The second kappa shape index (κ2) is 6.37. The summed E-state index contributed by atoms with van der Waals surface area (Å²) >= 11 is 0. The highest BCUT2D eigenvalue weighted by Gasteiger charge is 2.32. The molecule has 23 heavy (non-hydrogen) atoms. The molecule has 1 aromatic rings. The number of sulfonamides is 1. The number of likely N-dealkylation sites (tertiary alicyclic amines) is 1. The minimum Gasteiger partial charge on any atom is -0.444 e. The van der Waals surface area contributed by atoms with Crippen LogP contribution in [-0.4, -0.2) is 44.1 Å². The molecule has 1 heterocycles. The van der Waals surface area contributed by atoms with Crippen LogP contribution in [0.2, 0.25) is 0 Å². The summed E-state index contributed by atoms with van der Waals surface area (Å²) in [6.07, 6.45) is 0.125. The first-order chi connectivity index (χ1) is 10.6. The number of hydrogen-bond acceptors (Lipinski definition) is 5. The molecule has 0 bridgehead atoms. The van der Waals surface area contributed by atoms with Crippen LogP contribution < -0.4 is 10.5 Å². The summed E-state index contributed by atoms with van der Waals surface area (Å²) in [4.78, 5) is 13.7. The van der Waals surface area contributed by atoms with E-state index in [-0.39, 0.29) is 10.9 Å². The van der Waals surface area contributed by atoms with Crippen LogP contribution in [0.4, 0.5) is 10.5 Å². The predicted molar refractivity (Wildman–Crippen MR) is 87.4 cm³/mol. The van der Waals surface area contributed by atoms with E-state index in [1.807, 2.05) is 0 Å². The van der Waals surface area contributed by atoms with Gasteiger partial charge in [0.25, 0.3) is 0 Å². The molecule has 3 N–H and O–H groups in total. The topological polar surface area (TPSA) is 102 Å². The van der Waals surface area contributed by atoms with E-state index >= 15 is 0 Å². The number of ether oxygens (including phenoxy) is 1. The summed E-state index contributed by atoms with van der Waals surface area (Å²) in [5.41, 5.74) is 5.49. The smallest absolute Gasteiger partial charge is 0.410 e. The third-order valence-electron chi connectivity index (χ3n) is 3.35.